The number of ether oxygens (including phenoxy) is 5. The third kappa shape index (κ3) is 11.9. The topological polar surface area (TPSA) is 86.6 Å². The molecule has 2 atom stereocenters. The molecule has 0 aliphatic rings. The molecule has 0 aliphatic carbocycles. The van der Waals surface area contributed by atoms with Crippen LogP contribution < -0.4 is 4.74 Å². The van der Waals surface area contributed by atoms with Gasteiger partial charge in [0.1, 0.15) is 17.2 Å². The van der Waals surface area contributed by atoms with Crippen molar-refractivity contribution in [3.05, 3.63) is 125 Å². The van der Waals surface area contributed by atoms with Crippen molar-refractivity contribution in [2.24, 2.45) is 0 Å². The van der Waals surface area contributed by atoms with Gasteiger partial charge in [-0.05, 0) is 97.3 Å². The van der Waals surface area contributed by atoms with Crippen molar-refractivity contribution in [3.63, 3.8) is 0 Å². The lowest BCUT2D eigenvalue weighted by Gasteiger charge is -2.26. The van der Waals surface area contributed by atoms with Crippen molar-refractivity contribution in [3.8, 4) is 17.2 Å². The van der Waals surface area contributed by atoms with Crippen molar-refractivity contribution >= 4 is 0 Å². The minimum absolute atomic E-state index is 0.128. The molecule has 0 saturated heterocycles. The van der Waals surface area contributed by atoms with Gasteiger partial charge in [0.25, 0.3) is 0 Å². The van der Waals surface area contributed by atoms with E-state index in [0.29, 0.717) is 45.4 Å². The Balaban J connectivity index is 0.992. The van der Waals surface area contributed by atoms with Gasteiger partial charge in [-0.2, -0.15) is 0 Å². The molecule has 0 amide bonds. The Hall–Kier alpha value is -3.88. The van der Waals surface area contributed by atoms with E-state index in [0.717, 1.165) is 36.1 Å². The molecule has 0 heterocycles. The normalized spacial score (nSPS) is 13.2. The van der Waals surface area contributed by atoms with Gasteiger partial charge in [0, 0.05) is 10.8 Å². The molecule has 0 aromatic heterocycles. The monoisotopic (exact) mass is 684 g/mol. The van der Waals surface area contributed by atoms with E-state index in [2.05, 4.69) is 71.0 Å². The Morgan fingerprint density at radius 3 is 1.40 bits per heavy atom. The molecule has 2 N–H and O–H groups in total. The summed E-state index contributed by atoms with van der Waals surface area (Å²) >= 11 is 0. The van der Waals surface area contributed by atoms with E-state index < -0.39 is 6.29 Å². The van der Waals surface area contributed by atoms with Crippen LogP contribution in [0.4, 0.5) is 0 Å². The summed E-state index contributed by atoms with van der Waals surface area (Å²) in [4.78, 5) is 0. The predicted octanol–water partition coefficient (Wildman–Crippen LogP) is 8.95. The van der Waals surface area contributed by atoms with Crippen LogP contribution in [0, 0.1) is 0 Å². The molecule has 7 heteroatoms. The fraction of sp³-hybridized carbons (Fsp3) is 0.442. The number of hydrogen-bond acceptors (Lipinski definition) is 7. The molecule has 7 nitrogen and oxygen atoms in total. The number of phenolic OH excluding ortho intramolecular Hbond substituents is 2. The lowest BCUT2D eigenvalue weighted by Crippen LogP contribution is -2.20. The minimum Gasteiger partial charge on any atom is -0.508 e. The highest BCUT2D eigenvalue weighted by Crippen LogP contribution is 2.34. The number of phenols is 2. The number of benzene rings is 4. The molecule has 0 spiro atoms. The minimum atomic E-state index is -0.402. The Bertz CT molecular complexity index is 1530. The van der Waals surface area contributed by atoms with E-state index in [9.17, 15) is 10.2 Å². The summed E-state index contributed by atoms with van der Waals surface area (Å²) in [5.74, 6) is 1.30. The van der Waals surface area contributed by atoms with Gasteiger partial charge in [-0.3, -0.25) is 0 Å². The van der Waals surface area contributed by atoms with E-state index >= 15 is 0 Å². The first-order chi connectivity index (χ1) is 23.9. The maximum Gasteiger partial charge on any atom is 0.197 e. The van der Waals surface area contributed by atoms with Crippen molar-refractivity contribution < 1.29 is 33.9 Å². The average molecular weight is 685 g/mol. The Kier molecular flexibility index (Phi) is 14.7. The van der Waals surface area contributed by atoms with E-state index in [4.69, 9.17) is 23.7 Å². The quantitative estimate of drug-likeness (QED) is 0.0670. The smallest absolute Gasteiger partial charge is 0.197 e. The first-order valence-electron chi connectivity index (χ1n) is 17.8. The molecule has 4 aromatic carbocycles. The van der Waals surface area contributed by atoms with Gasteiger partial charge < -0.3 is 33.9 Å². The molecule has 50 heavy (non-hydrogen) atoms. The van der Waals surface area contributed by atoms with Gasteiger partial charge in [-0.15, -0.1) is 0 Å². The summed E-state index contributed by atoms with van der Waals surface area (Å²) in [7, 11) is 0. The largest absolute Gasteiger partial charge is 0.508 e. The highest BCUT2D eigenvalue weighted by molar-refractivity contribution is 5.42. The van der Waals surface area contributed by atoms with E-state index in [1.165, 1.54) is 16.7 Å². The van der Waals surface area contributed by atoms with Crippen LogP contribution in [-0.4, -0.2) is 62.2 Å². The van der Waals surface area contributed by atoms with Gasteiger partial charge >= 0.3 is 0 Å². The molecule has 0 radical (unpaired) electrons. The summed E-state index contributed by atoms with van der Waals surface area (Å²) in [6.45, 7) is 15.7. The van der Waals surface area contributed by atoms with Gasteiger partial charge in [-0.1, -0.05) is 88.4 Å². The van der Waals surface area contributed by atoms with Gasteiger partial charge in [0.2, 0.25) is 0 Å². The Labute approximate surface area is 299 Å². The second kappa shape index (κ2) is 18.9. The molecule has 0 saturated carbocycles. The van der Waals surface area contributed by atoms with Crippen LogP contribution >= 0.6 is 0 Å². The number of aryl methyl sites for hydroxylation is 1. The Morgan fingerprint density at radius 2 is 0.920 bits per heavy atom. The molecular formula is C43H56O7. The summed E-state index contributed by atoms with van der Waals surface area (Å²) in [5.41, 5.74) is 5.72. The van der Waals surface area contributed by atoms with Crippen molar-refractivity contribution in [2.75, 3.05) is 39.6 Å². The fourth-order valence-corrected chi connectivity index (χ4v) is 5.93. The molecule has 0 fully saturated rings. The van der Waals surface area contributed by atoms with E-state index in [1.54, 1.807) is 24.3 Å². The number of rotatable bonds is 21. The van der Waals surface area contributed by atoms with Crippen LogP contribution in [0.3, 0.4) is 0 Å². The maximum atomic E-state index is 9.62. The van der Waals surface area contributed by atoms with Crippen LogP contribution in [0.15, 0.2) is 97.1 Å². The van der Waals surface area contributed by atoms with Gasteiger partial charge in [-0.25, -0.2) is 0 Å². The molecule has 0 aliphatic heterocycles. The van der Waals surface area contributed by atoms with Crippen LogP contribution in [0.1, 0.15) is 82.2 Å². The summed E-state index contributed by atoms with van der Waals surface area (Å²) in [5, 5.41) is 19.2. The summed E-state index contributed by atoms with van der Waals surface area (Å²) in [6.07, 6.45) is 2.86. The third-order valence-corrected chi connectivity index (χ3v) is 9.39. The van der Waals surface area contributed by atoms with Crippen molar-refractivity contribution in [2.45, 2.75) is 84.0 Å². The highest BCUT2D eigenvalue weighted by atomic mass is 16.7. The van der Waals surface area contributed by atoms with Gasteiger partial charge in [0.15, 0.2) is 6.29 Å². The van der Waals surface area contributed by atoms with Crippen LogP contribution in [0.2, 0.25) is 0 Å². The zero-order valence-corrected chi connectivity index (χ0v) is 30.7. The summed E-state index contributed by atoms with van der Waals surface area (Å²) in [6, 6.07) is 31.7. The third-order valence-electron chi connectivity index (χ3n) is 9.39. The molecule has 4 aromatic rings. The lowest BCUT2D eigenvalue weighted by molar-refractivity contribution is -0.0869. The standard InChI is InChI=1S/C43H56O7/c1-32(8-7-9-34-10-12-35(13-11-34)42(3,4)36-14-20-39(44)21-15-36)48-30-28-46-26-27-47-29-31-49-33(2)50-41-24-18-38(19-25-41)43(5,6)37-16-22-40(45)23-17-37/h10-25,32-33,44-45H,7-9,26-31H2,1-6H3. The van der Waals surface area contributed by atoms with Crippen LogP contribution in [0.5, 0.6) is 17.2 Å². The van der Waals surface area contributed by atoms with E-state index in [1.807, 2.05) is 43.3 Å². The molecule has 4 rings (SSSR count). The highest BCUT2D eigenvalue weighted by Gasteiger charge is 2.24. The molecular weight excluding hydrogens is 628 g/mol. The van der Waals surface area contributed by atoms with Crippen LogP contribution in [0.25, 0.3) is 0 Å². The Morgan fingerprint density at radius 1 is 0.520 bits per heavy atom. The maximum absolute atomic E-state index is 9.62. The first kappa shape index (κ1) is 38.9. The molecule has 270 valence electrons. The molecule has 0 bridgehead atoms. The second-order valence-electron chi connectivity index (χ2n) is 13.9. The van der Waals surface area contributed by atoms with Crippen LogP contribution in [-0.2, 0) is 36.2 Å². The molecule has 2 unspecified atom stereocenters. The second-order valence-corrected chi connectivity index (χ2v) is 13.9. The predicted molar refractivity (Wildman–Crippen MR) is 199 cm³/mol. The van der Waals surface area contributed by atoms with Crippen molar-refractivity contribution in [1.82, 2.24) is 0 Å². The number of aromatic hydroxyl groups is 2. The van der Waals surface area contributed by atoms with Gasteiger partial charge in [0.05, 0.1) is 45.7 Å². The summed E-state index contributed by atoms with van der Waals surface area (Å²) < 4.78 is 28.9. The zero-order chi connectivity index (χ0) is 36.0. The first-order valence-corrected chi connectivity index (χ1v) is 17.8. The SMILES string of the molecule is CC(CCCc1ccc(C(C)(C)c2ccc(O)cc2)cc1)OCCOCCOCCOC(C)Oc1ccc(C(C)(C)c2ccc(O)cc2)cc1. The number of hydrogen-bond donors (Lipinski definition) is 2. The average Bonchev–Trinajstić information content (AvgIpc) is 3.10. The zero-order valence-electron chi connectivity index (χ0n) is 30.7. The lowest BCUT2D eigenvalue weighted by atomic mass is 9.78. The van der Waals surface area contributed by atoms with E-state index in [-0.39, 0.29) is 22.7 Å². The van der Waals surface area contributed by atoms with Crippen molar-refractivity contribution in [1.29, 1.82) is 0 Å². The fourth-order valence-electron chi connectivity index (χ4n) is 5.93.